The first-order valence-electron chi connectivity index (χ1n) is 7.29. The van der Waals surface area contributed by atoms with Crippen molar-refractivity contribution < 1.29 is 4.74 Å². The van der Waals surface area contributed by atoms with E-state index >= 15 is 0 Å². The van der Waals surface area contributed by atoms with Crippen LogP contribution < -0.4 is 10.1 Å². The van der Waals surface area contributed by atoms with E-state index in [0.29, 0.717) is 6.04 Å². The van der Waals surface area contributed by atoms with Crippen molar-refractivity contribution in [2.75, 3.05) is 13.7 Å². The second-order valence-corrected chi connectivity index (χ2v) is 6.78. The van der Waals surface area contributed by atoms with E-state index in [-0.39, 0.29) is 0 Å². The molecule has 2 nitrogen and oxygen atoms in total. The van der Waals surface area contributed by atoms with Crippen molar-refractivity contribution in [3.05, 3.63) is 50.6 Å². The van der Waals surface area contributed by atoms with Crippen molar-refractivity contribution in [1.82, 2.24) is 5.32 Å². The van der Waals surface area contributed by atoms with Crippen molar-refractivity contribution >= 4 is 27.3 Å². The Morgan fingerprint density at radius 2 is 2.14 bits per heavy atom. The molecular formula is C17H22BrNOS. The number of hydrogen-bond acceptors (Lipinski definition) is 3. The molecule has 2 rings (SSSR count). The minimum absolute atomic E-state index is 0.447. The molecule has 2 aromatic rings. The monoisotopic (exact) mass is 367 g/mol. The Labute approximate surface area is 139 Å². The number of thiophene rings is 1. The van der Waals surface area contributed by atoms with E-state index in [1.54, 1.807) is 18.4 Å². The molecule has 0 saturated carbocycles. The Hall–Kier alpha value is -0.840. The highest BCUT2D eigenvalue weighted by Crippen LogP contribution is 2.24. The van der Waals surface area contributed by atoms with E-state index in [9.17, 15) is 0 Å². The largest absolute Gasteiger partial charge is 0.497 e. The zero-order valence-corrected chi connectivity index (χ0v) is 15.0. The van der Waals surface area contributed by atoms with Gasteiger partial charge in [-0.05, 0) is 72.0 Å². The number of halogens is 1. The van der Waals surface area contributed by atoms with Gasteiger partial charge in [-0.3, -0.25) is 0 Å². The van der Waals surface area contributed by atoms with Crippen LogP contribution in [0.2, 0.25) is 0 Å². The number of ether oxygens (including phenoxy) is 1. The maximum atomic E-state index is 5.34. The maximum absolute atomic E-state index is 5.34. The van der Waals surface area contributed by atoms with Gasteiger partial charge in [0.25, 0.3) is 0 Å². The van der Waals surface area contributed by atoms with E-state index in [1.807, 2.05) is 6.07 Å². The maximum Gasteiger partial charge on any atom is 0.119 e. The third-order valence-corrected chi connectivity index (χ3v) is 4.97. The molecule has 1 aromatic carbocycles. The van der Waals surface area contributed by atoms with Gasteiger partial charge in [-0.15, -0.1) is 0 Å². The van der Waals surface area contributed by atoms with E-state index in [1.165, 1.54) is 11.1 Å². The van der Waals surface area contributed by atoms with E-state index in [2.05, 4.69) is 57.1 Å². The first-order chi connectivity index (χ1) is 10.2. The highest BCUT2D eigenvalue weighted by molar-refractivity contribution is 9.10. The van der Waals surface area contributed by atoms with Crippen molar-refractivity contribution in [2.24, 2.45) is 0 Å². The van der Waals surface area contributed by atoms with Crippen molar-refractivity contribution in [1.29, 1.82) is 0 Å². The van der Waals surface area contributed by atoms with Crippen LogP contribution in [0.3, 0.4) is 0 Å². The highest BCUT2D eigenvalue weighted by Gasteiger charge is 2.13. The number of benzene rings is 1. The van der Waals surface area contributed by atoms with Crippen LogP contribution in [0.5, 0.6) is 5.75 Å². The zero-order valence-electron chi connectivity index (χ0n) is 12.6. The summed E-state index contributed by atoms with van der Waals surface area (Å²) in [5.41, 5.74) is 2.70. The van der Waals surface area contributed by atoms with Crippen molar-refractivity contribution in [3.63, 3.8) is 0 Å². The molecule has 1 unspecified atom stereocenters. The lowest BCUT2D eigenvalue weighted by Gasteiger charge is -2.19. The van der Waals surface area contributed by atoms with Gasteiger partial charge in [0.05, 0.1) is 7.11 Å². The molecule has 1 atom stereocenters. The molecule has 0 fully saturated rings. The summed E-state index contributed by atoms with van der Waals surface area (Å²) in [6.45, 7) is 3.26. The lowest BCUT2D eigenvalue weighted by atomic mass is 10.00. The number of nitrogens with one attached hydrogen (secondary N) is 1. The Morgan fingerprint density at radius 3 is 2.81 bits per heavy atom. The Balaban J connectivity index is 2.09. The second-order valence-electron chi connectivity index (χ2n) is 5.15. The lowest BCUT2D eigenvalue weighted by molar-refractivity contribution is 0.413. The highest BCUT2D eigenvalue weighted by atomic mass is 79.9. The van der Waals surface area contributed by atoms with Gasteiger partial charge in [0.15, 0.2) is 0 Å². The van der Waals surface area contributed by atoms with Crippen LogP contribution in [0.25, 0.3) is 0 Å². The van der Waals surface area contributed by atoms with Crippen molar-refractivity contribution in [2.45, 2.75) is 32.2 Å². The molecule has 4 heteroatoms. The van der Waals surface area contributed by atoms with Gasteiger partial charge in [-0.25, -0.2) is 0 Å². The average molecular weight is 368 g/mol. The first-order valence-corrected chi connectivity index (χ1v) is 9.03. The number of rotatable bonds is 8. The molecule has 0 saturated heterocycles. The molecular weight excluding hydrogens is 346 g/mol. The lowest BCUT2D eigenvalue weighted by Crippen LogP contribution is -2.33. The Morgan fingerprint density at radius 1 is 1.29 bits per heavy atom. The molecule has 0 amide bonds. The van der Waals surface area contributed by atoms with Gasteiger partial charge in [0.2, 0.25) is 0 Å². The summed E-state index contributed by atoms with van der Waals surface area (Å²) in [7, 11) is 1.71. The van der Waals surface area contributed by atoms with Gasteiger partial charge >= 0.3 is 0 Å². The molecule has 0 aliphatic carbocycles. The predicted octanol–water partition coefficient (Wildman–Crippen LogP) is 4.67. The van der Waals surface area contributed by atoms with Crippen LogP contribution in [0.4, 0.5) is 0 Å². The fourth-order valence-electron chi connectivity index (χ4n) is 2.36. The molecule has 0 aliphatic rings. The molecule has 0 radical (unpaired) electrons. The minimum Gasteiger partial charge on any atom is -0.497 e. The molecule has 0 spiro atoms. The number of hydrogen-bond donors (Lipinski definition) is 1. The van der Waals surface area contributed by atoms with Gasteiger partial charge in [-0.1, -0.05) is 22.9 Å². The minimum atomic E-state index is 0.447. The average Bonchev–Trinajstić information content (AvgIpc) is 3.00. The van der Waals surface area contributed by atoms with Crippen molar-refractivity contribution in [3.8, 4) is 5.75 Å². The van der Waals surface area contributed by atoms with Crippen LogP contribution in [-0.4, -0.2) is 19.7 Å². The summed E-state index contributed by atoms with van der Waals surface area (Å²) in [6.07, 6.45) is 3.21. The summed E-state index contributed by atoms with van der Waals surface area (Å²) in [5.74, 6) is 0.915. The van der Waals surface area contributed by atoms with E-state index in [4.69, 9.17) is 4.74 Å². The molecule has 0 aliphatic heterocycles. The summed E-state index contributed by atoms with van der Waals surface area (Å²) >= 11 is 5.42. The quantitative estimate of drug-likeness (QED) is 0.731. The fourth-order valence-corrected chi connectivity index (χ4v) is 3.45. The summed E-state index contributed by atoms with van der Waals surface area (Å²) < 4.78 is 6.49. The van der Waals surface area contributed by atoms with Crippen LogP contribution >= 0.6 is 27.3 Å². The molecule has 1 aromatic heterocycles. The van der Waals surface area contributed by atoms with Gasteiger partial charge < -0.3 is 10.1 Å². The summed E-state index contributed by atoms with van der Waals surface area (Å²) in [4.78, 5) is 0. The smallest absolute Gasteiger partial charge is 0.119 e. The number of methoxy groups -OCH3 is 1. The van der Waals surface area contributed by atoms with Gasteiger partial charge in [0, 0.05) is 10.5 Å². The van der Waals surface area contributed by atoms with Crippen LogP contribution in [0.15, 0.2) is 39.5 Å². The zero-order chi connectivity index (χ0) is 15.1. The van der Waals surface area contributed by atoms with Crippen LogP contribution in [0.1, 0.15) is 24.5 Å². The fraction of sp³-hybridized carbons (Fsp3) is 0.412. The van der Waals surface area contributed by atoms with Crippen LogP contribution in [0, 0.1) is 0 Å². The third-order valence-electron chi connectivity index (χ3n) is 3.46. The SMILES string of the molecule is CCCNC(Cc1ccsc1)Cc1cc(OC)ccc1Br. The van der Waals surface area contributed by atoms with E-state index < -0.39 is 0 Å². The Kier molecular flexibility index (Phi) is 6.74. The molecule has 21 heavy (non-hydrogen) atoms. The summed E-state index contributed by atoms with van der Waals surface area (Å²) in [5, 5.41) is 8.05. The molecule has 114 valence electrons. The van der Waals surface area contributed by atoms with Gasteiger partial charge in [-0.2, -0.15) is 11.3 Å². The van der Waals surface area contributed by atoms with E-state index in [0.717, 1.165) is 36.0 Å². The normalized spacial score (nSPS) is 12.3. The topological polar surface area (TPSA) is 21.3 Å². The molecule has 1 heterocycles. The van der Waals surface area contributed by atoms with Crippen LogP contribution in [-0.2, 0) is 12.8 Å². The predicted molar refractivity (Wildman–Crippen MR) is 94.5 cm³/mol. The second kappa shape index (κ2) is 8.57. The Bertz CT molecular complexity index is 542. The first kappa shape index (κ1) is 16.5. The third kappa shape index (κ3) is 5.13. The summed E-state index contributed by atoms with van der Waals surface area (Å²) in [6, 6.07) is 8.84. The standard InChI is InChI=1S/C17H22BrNOS/c1-3-7-19-15(9-13-6-8-21-12-13)10-14-11-16(20-2)4-5-17(14)18/h4-6,8,11-12,15,19H,3,7,9-10H2,1-2H3. The van der Waals surface area contributed by atoms with Gasteiger partial charge in [0.1, 0.15) is 5.75 Å². The molecule has 0 bridgehead atoms. The molecule has 1 N–H and O–H groups in total.